The predicted molar refractivity (Wildman–Crippen MR) is 47.2 cm³/mol. The van der Waals surface area contributed by atoms with Gasteiger partial charge in [-0.15, -0.1) is 0 Å². The van der Waals surface area contributed by atoms with E-state index in [4.69, 9.17) is 4.74 Å². The molecule has 0 radical (unpaired) electrons. The molecule has 1 aromatic heterocycles. The first-order valence-corrected chi connectivity index (χ1v) is 4.11. The molecule has 1 heterocycles. The summed E-state index contributed by atoms with van der Waals surface area (Å²) < 4.78 is 22.5. The summed E-state index contributed by atoms with van der Waals surface area (Å²) in [5.41, 5.74) is 0.842. The highest BCUT2D eigenvalue weighted by atomic mass is 19.1. The van der Waals surface area contributed by atoms with E-state index in [0.717, 1.165) is 5.56 Å². The molecule has 0 fully saturated rings. The van der Waals surface area contributed by atoms with Gasteiger partial charge in [-0.3, -0.25) is 0 Å². The third-order valence-electron chi connectivity index (χ3n) is 1.70. The third kappa shape index (κ3) is 2.10. The van der Waals surface area contributed by atoms with Crippen LogP contribution in [0.4, 0.5) is 4.39 Å². The molecule has 4 heteroatoms. The van der Waals surface area contributed by atoms with E-state index in [1.165, 1.54) is 18.4 Å². The number of rotatable bonds is 3. The molecule has 0 saturated heterocycles. The zero-order valence-corrected chi connectivity index (χ0v) is 7.31. The average molecular weight is 193 g/mol. The van der Waals surface area contributed by atoms with Crippen molar-refractivity contribution in [3.05, 3.63) is 48.1 Å². The molecule has 14 heavy (non-hydrogen) atoms. The zero-order valence-electron chi connectivity index (χ0n) is 7.31. The van der Waals surface area contributed by atoms with Gasteiger partial charge in [0.05, 0.1) is 6.20 Å². The smallest absolute Gasteiger partial charge is 0.130 e. The highest BCUT2D eigenvalue weighted by Crippen LogP contribution is 2.12. The van der Waals surface area contributed by atoms with E-state index >= 15 is 0 Å². The molecule has 0 aliphatic rings. The van der Waals surface area contributed by atoms with E-state index in [2.05, 4.69) is 9.68 Å². The Labute approximate surface area is 80.1 Å². The Morgan fingerprint density at radius 3 is 2.71 bits per heavy atom. The van der Waals surface area contributed by atoms with E-state index in [-0.39, 0.29) is 5.82 Å². The Hall–Kier alpha value is -1.84. The molecule has 2 aromatic rings. The van der Waals surface area contributed by atoms with Gasteiger partial charge in [0.2, 0.25) is 0 Å². The van der Waals surface area contributed by atoms with E-state index in [9.17, 15) is 4.39 Å². The Balaban J connectivity index is 1.95. The summed E-state index contributed by atoms with van der Waals surface area (Å²) in [4.78, 5) is 0. The molecule has 0 amide bonds. The lowest BCUT2D eigenvalue weighted by Gasteiger charge is -2.02. The van der Waals surface area contributed by atoms with Crippen molar-refractivity contribution in [3.8, 4) is 5.75 Å². The van der Waals surface area contributed by atoms with Crippen LogP contribution in [0, 0.1) is 5.82 Å². The first kappa shape index (κ1) is 8.74. The van der Waals surface area contributed by atoms with Crippen molar-refractivity contribution in [2.75, 3.05) is 0 Å². The molecule has 3 nitrogen and oxygen atoms in total. The zero-order chi connectivity index (χ0) is 9.80. The van der Waals surface area contributed by atoms with Gasteiger partial charge in [0.15, 0.2) is 0 Å². The second-order valence-electron chi connectivity index (χ2n) is 2.78. The molecule has 2 rings (SSSR count). The quantitative estimate of drug-likeness (QED) is 0.750. The number of halogens is 1. The van der Waals surface area contributed by atoms with Gasteiger partial charge in [0.25, 0.3) is 0 Å². The van der Waals surface area contributed by atoms with Gasteiger partial charge in [-0.2, -0.15) is 0 Å². The van der Waals surface area contributed by atoms with E-state index < -0.39 is 0 Å². The topological polar surface area (TPSA) is 35.3 Å². The summed E-state index contributed by atoms with van der Waals surface area (Å²) in [5, 5.41) is 3.53. The molecular formula is C10H8FNO2. The maximum Gasteiger partial charge on any atom is 0.130 e. The number of benzene rings is 1. The van der Waals surface area contributed by atoms with Crippen molar-refractivity contribution in [1.82, 2.24) is 5.16 Å². The molecule has 0 unspecified atom stereocenters. The lowest BCUT2D eigenvalue weighted by Crippen LogP contribution is -1.93. The van der Waals surface area contributed by atoms with Crippen molar-refractivity contribution in [3.63, 3.8) is 0 Å². The Bertz CT molecular complexity index is 383. The molecule has 0 spiro atoms. The van der Waals surface area contributed by atoms with Crippen LogP contribution in [0.2, 0.25) is 0 Å². The number of ether oxygens (including phenoxy) is 1. The largest absolute Gasteiger partial charge is 0.489 e. The van der Waals surface area contributed by atoms with Crippen molar-refractivity contribution in [1.29, 1.82) is 0 Å². The van der Waals surface area contributed by atoms with Crippen molar-refractivity contribution in [2.45, 2.75) is 6.61 Å². The molecule has 0 atom stereocenters. The molecule has 0 aliphatic heterocycles. The van der Waals surface area contributed by atoms with Gasteiger partial charge in [-0.05, 0) is 24.3 Å². The third-order valence-corrected chi connectivity index (χ3v) is 1.70. The van der Waals surface area contributed by atoms with Crippen LogP contribution in [0.3, 0.4) is 0 Å². The van der Waals surface area contributed by atoms with Crippen molar-refractivity contribution in [2.24, 2.45) is 0 Å². The fourth-order valence-corrected chi connectivity index (χ4v) is 0.995. The molecule has 0 saturated carbocycles. The Kier molecular flexibility index (Phi) is 2.44. The molecule has 0 bridgehead atoms. The molecule has 1 aromatic carbocycles. The van der Waals surface area contributed by atoms with Crippen LogP contribution in [0.5, 0.6) is 5.75 Å². The lowest BCUT2D eigenvalue weighted by molar-refractivity contribution is 0.304. The summed E-state index contributed by atoms with van der Waals surface area (Å²) >= 11 is 0. The predicted octanol–water partition coefficient (Wildman–Crippen LogP) is 2.39. The van der Waals surface area contributed by atoms with Crippen molar-refractivity contribution >= 4 is 0 Å². The van der Waals surface area contributed by atoms with Crippen LogP contribution in [-0.2, 0) is 6.61 Å². The van der Waals surface area contributed by atoms with Crippen molar-refractivity contribution < 1.29 is 13.7 Å². The highest BCUT2D eigenvalue weighted by Gasteiger charge is 1.97. The van der Waals surface area contributed by atoms with Gasteiger partial charge in [-0.25, -0.2) is 4.39 Å². The van der Waals surface area contributed by atoms with Crippen LogP contribution in [0.1, 0.15) is 5.56 Å². The number of hydrogen-bond acceptors (Lipinski definition) is 3. The minimum Gasteiger partial charge on any atom is -0.489 e. The van der Waals surface area contributed by atoms with Gasteiger partial charge < -0.3 is 9.26 Å². The normalized spacial score (nSPS) is 10.1. The average Bonchev–Trinajstić information content (AvgIpc) is 2.70. The number of aromatic nitrogens is 1. The maximum absolute atomic E-state index is 12.5. The lowest BCUT2D eigenvalue weighted by atomic mass is 10.3. The summed E-state index contributed by atoms with van der Waals surface area (Å²) in [6.45, 7) is 0.370. The summed E-state index contributed by atoms with van der Waals surface area (Å²) in [6.07, 6.45) is 3.08. The molecule has 72 valence electrons. The van der Waals surface area contributed by atoms with E-state index in [0.29, 0.717) is 12.4 Å². The SMILES string of the molecule is Fc1ccc(OCc2cnoc2)cc1. The van der Waals surface area contributed by atoms with Gasteiger partial charge in [0.1, 0.15) is 24.4 Å². The highest BCUT2D eigenvalue weighted by molar-refractivity contribution is 5.22. The second kappa shape index (κ2) is 3.91. The Morgan fingerprint density at radius 2 is 2.07 bits per heavy atom. The first-order valence-electron chi connectivity index (χ1n) is 4.11. The fraction of sp³-hybridized carbons (Fsp3) is 0.100. The maximum atomic E-state index is 12.5. The van der Waals surface area contributed by atoms with Gasteiger partial charge in [-0.1, -0.05) is 5.16 Å². The van der Waals surface area contributed by atoms with E-state index in [1.807, 2.05) is 0 Å². The second-order valence-corrected chi connectivity index (χ2v) is 2.78. The molecule has 0 N–H and O–H groups in total. The van der Waals surface area contributed by atoms with E-state index in [1.54, 1.807) is 18.3 Å². The first-order chi connectivity index (χ1) is 6.84. The molecule has 0 aliphatic carbocycles. The van der Waals surface area contributed by atoms with Crippen LogP contribution in [0.25, 0.3) is 0 Å². The monoisotopic (exact) mass is 193 g/mol. The Morgan fingerprint density at radius 1 is 1.29 bits per heavy atom. The minimum absolute atomic E-state index is 0.276. The molecular weight excluding hydrogens is 185 g/mol. The minimum atomic E-state index is -0.276. The summed E-state index contributed by atoms with van der Waals surface area (Å²) in [7, 11) is 0. The van der Waals surface area contributed by atoms with Crippen LogP contribution < -0.4 is 4.74 Å². The van der Waals surface area contributed by atoms with Crippen LogP contribution in [0.15, 0.2) is 41.2 Å². The fourth-order valence-electron chi connectivity index (χ4n) is 0.995. The van der Waals surface area contributed by atoms with Crippen LogP contribution >= 0.6 is 0 Å². The standard InChI is InChI=1S/C10H8FNO2/c11-9-1-3-10(4-2-9)13-6-8-5-12-14-7-8/h1-5,7H,6H2. The summed E-state index contributed by atoms with van der Waals surface area (Å²) in [6, 6.07) is 5.84. The number of nitrogens with zero attached hydrogens (tertiary/aromatic N) is 1. The summed E-state index contributed by atoms with van der Waals surface area (Å²) in [5.74, 6) is 0.343. The number of hydrogen-bond donors (Lipinski definition) is 0. The van der Waals surface area contributed by atoms with Gasteiger partial charge >= 0.3 is 0 Å². The van der Waals surface area contributed by atoms with Crippen LogP contribution in [-0.4, -0.2) is 5.16 Å². The van der Waals surface area contributed by atoms with Gasteiger partial charge in [0, 0.05) is 5.56 Å².